The Morgan fingerprint density at radius 2 is 2.10 bits per heavy atom. The lowest BCUT2D eigenvalue weighted by Gasteiger charge is -2.05. The van der Waals surface area contributed by atoms with Crippen LogP contribution in [0.2, 0.25) is 5.15 Å². The highest BCUT2D eigenvalue weighted by Crippen LogP contribution is 2.26. The zero-order chi connectivity index (χ0) is 15.0. The van der Waals surface area contributed by atoms with Gasteiger partial charge in [0.15, 0.2) is 17.4 Å². The monoisotopic (exact) mass is 362 g/mol. The van der Waals surface area contributed by atoms with Crippen LogP contribution in [0.15, 0.2) is 16.6 Å². The number of halogens is 4. The van der Waals surface area contributed by atoms with Gasteiger partial charge in [-0.3, -0.25) is 9.48 Å². The summed E-state index contributed by atoms with van der Waals surface area (Å²) in [6.45, 7) is 1.73. The van der Waals surface area contributed by atoms with Crippen molar-refractivity contribution in [3.63, 3.8) is 0 Å². The van der Waals surface area contributed by atoms with E-state index in [1.807, 2.05) is 0 Å². The van der Waals surface area contributed by atoms with Crippen molar-refractivity contribution < 1.29 is 13.6 Å². The molecule has 0 aliphatic carbocycles. The fourth-order valence-electron chi connectivity index (χ4n) is 1.87. The minimum atomic E-state index is -1.08. The van der Waals surface area contributed by atoms with Crippen molar-refractivity contribution in [2.75, 3.05) is 0 Å². The normalized spacial score (nSPS) is 10.9. The number of benzene rings is 1. The number of hydrogen-bond donors (Lipinski definition) is 0. The molecule has 0 N–H and O–H groups in total. The standard InChI is InChI=1S/C13H10BrClF2N2O/c1-6-8(13(15)19(2)18-6)5-10(20)7-3-4-9(16)12(17)11(7)14/h3-4H,5H2,1-2H3. The molecule has 1 aromatic heterocycles. The van der Waals surface area contributed by atoms with E-state index >= 15 is 0 Å². The van der Waals surface area contributed by atoms with Gasteiger partial charge in [0.1, 0.15) is 5.15 Å². The lowest BCUT2D eigenvalue weighted by atomic mass is 10.0. The number of hydrogen-bond acceptors (Lipinski definition) is 2. The third-order valence-electron chi connectivity index (χ3n) is 2.94. The van der Waals surface area contributed by atoms with E-state index in [2.05, 4.69) is 21.0 Å². The average Bonchev–Trinajstić information content (AvgIpc) is 2.62. The van der Waals surface area contributed by atoms with Crippen LogP contribution in [0, 0.1) is 18.6 Å². The van der Waals surface area contributed by atoms with Gasteiger partial charge >= 0.3 is 0 Å². The predicted octanol–water partition coefficient (Wildman–Crippen LogP) is 3.85. The highest BCUT2D eigenvalue weighted by Gasteiger charge is 2.20. The summed E-state index contributed by atoms with van der Waals surface area (Å²) >= 11 is 8.94. The van der Waals surface area contributed by atoms with Gasteiger partial charge in [0, 0.05) is 24.6 Å². The molecule has 1 heterocycles. The number of Topliss-reactive ketones (excluding diaryl/α,β-unsaturated/α-hetero) is 1. The largest absolute Gasteiger partial charge is 0.294 e. The van der Waals surface area contributed by atoms with Crippen molar-refractivity contribution in [1.82, 2.24) is 9.78 Å². The second-order valence-electron chi connectivity index (χ2n) is 4.30. The minimum absolute atomic E-state index is 0.0256. The van der Waals surface area contributed by atoms with E-state index in [4.69, 9.17) is 11.6 Å². The Balaban J connectivity index is 2.36. The molecule has 0 radical (unpaired) electrons. The summed E-state index contributed by atoms with van der Waals surface area (Å²) in [5.41, 5.74) is 1.28. The van der Waals surface area contributed by atoms with Gasteiger partial charge in [0.25, 0.3) is 0 Å². The maximum atomic E-state index is 13.4. The Labute approximate surface area is 127 Å². The second kappa shape index (κ2) is 5.61. The first-order chi connectivity index (χ1) is 9.32. The van der Waals surface area contributed by atoms with Crippen LogP contribution in [0.5, 0.6) is 0 Å². The average molecular weight is 364 g/mol. The van der Waals surface area contributed by atoms with Gasteiger partial charge in [-0.05, 0) is 35.0 Å². The first kappa shape index (κ1) is 15.1. The SMILES string of the molecule is Cc1nn(C)c(Cl)c1CC(=O)c1ccc(F)c(F)c1Br. The highest BCUT2D eigenvalue weighted by molar-refractivity contribution is 9.10. The number of ketones is 1. The van der Waals surface area contributed by atoms with Crippen LogP contribution in [0.3, 0.4) is 0 Å². The van der Waals surface area contributed by atoms with Gasteiger partial charge in [0.2, 0.25) is 0 Å². The molecule has 20 heavy (non-hydrogen) atoms. The molecule has 106 valence electrons. The summed E-state index contributed by atoms with van der Waals surface area (Å²) in [6, 6.07) is 2.16. The van der Waals surface area contributed by atoms with Gasteiger partial charge in [-0.25, -0.2) is 8.78 Å². The molecular formula is C13H10BrClF2N2O. The molecule has 0 aliphatic heterocycles. The molecule has 7 heteroatoms. The Bertz CT molecular complexity index is 700. The lowest BCUT2D eigenvalue weighted by Crippen LogP contribution is -2.07. The quantitative estimate of drug-likeness (QED) is 0.613. The molecule has 0 saturated carbocycles. The van der Waals surface area contributed by atoms with E-state index in [9.17, 15) is 13.6 Å². The molecule has 2 aromatic rings. The summed E-state index contributed by atoms with van der Waals surface area (Å²) in [4.78, 5) is 12.2. The maximum absolute atomic E-state index is 13.4. The van der Waals surface area contributed by atoms with Crippen LogP contribution >= 0.6 is 27.5 Å². The molecule has 0 amide bonds. The van der Waals surface area contributed by atoms with E-state index in [1.54, 1.807) is 14.0 Å². The Morgan fingerprint density at radius 1 is 1.45 bits per heavy atom. The third-order valence-corrected chi connectivity index (χ3v) is 4.19. The Hall–Kier alpha value is -1.27. The summed E-state index contributed by atoms with van der Waals surface area (Å²) < 4.78 is 27.7. The Kier molecular flexibility index (Phi) is 4.25. The molecule has 0 aliphatic rings. The number of carbonyl (C=O) groups excluding carboxylic acids is 1. The molecule has 0 bridgehead atoms. The first-order valence-corrected chi connectivity index (χ1v) is 6.84. The summed E-state index contributed by atoms with van der Waals surface area (Å²) in [7, 11) is 1.66. The van der Waals surface area contributed by atoms with E-state index in [1.165, 1.54) is 10.7 Å². The fourth-order valence-corrected chi connectivity index (χ4v) is 2.66. The summed E-state index contributed by atoms with van der Waals surface area (Å²) in [6.07, 6.45) is -0.0256. The molecule has 3 nitrogen and oxygen atoms in total. The topological polar surface area (TPSA) is 34.9 Å². The molecule has 0 spiro atoms. The van der Waals surface area contributed by atoms with Gasteiger partial charge in [-0.2, -0.15) is 5.10 Å². The fraction of sp³-hybridized carbons (Fsp3) is 0.231. The maximum Gasteiger partial charge on any atom is 0.173 e. The van der Waals surface area contributed by atoms with Gasteiger partial charge in [-0.1, -0.05) is 11.6 Å². The molecule has 0 unspecified atom stereocenters. The summed E-state index contributed by atoms with van der Waals surface area (Å²) in [5.74, 6) is -2.46. The van der Waals surface area contributed by atoms with Crippen molar-refractivity contribution in [2.45, 2.75) is 13.3 Å². The molecule has 0 fully saturated rings. The van der Waals surface area contributed by atoms with Crippen molar-refractivity contribution in [3.8, 4) is 0 Å². The van der Waals surface area contributed by atoms with Crippen LogP contribution in [-0.4, -0.2) is 15.6 Å². The van der Waals surface area contributed by atoms with Crippen LogP contribution in [0.4, 0.5) is 8.78 Å². The number of nitrogens with zero attached hydrogens (tertiary/aromatic N) is 2. The molecule has 1 aromatic carbocycles. The number of carbonyl (C=O) groups is 1. The number of aryl methyl sites for hydroxylation is 2. The van der Waals surface area contributed by atoms with E-state index < -0.39 is 11.6 Å². The van der Waals surface area contributed by atoms with Crippen molar-refractivity contribution in [3.05, 3.63) is 50.2 Å². The molecule has 2 rings (SSSR count). The van der Waals surface area contributed by atoms with Gasteiger partial charge in [-0.15, -0.1) is 0 Å². The highest BCUT2D eigenvalue weighted by atomic mass is 79.9. The summed E-state index contributed by atoms with van der Waals surface area (Å²) in [5, 5.41) is 4.45. The minimum Gasteiger partial charge on any atom is -0.294 e. The smallest absolute Gasteiger partial charge is 0.173 e. The van der Waals surface area contributed by atoms with Gasteiger partial charge < -0.3 is 0 Å². The van der Waals surface area contributed by atoms with Crippen molar-refractivity contribution >= 4 is 33.3 Å². The van der Waals surface area contributed by atoms with Crippen LogP contribution in [0.1, 0.15) is 21.6 Å². The zero-order valence-electron chi connectivity index (χ0n) is 10.7. The molecule has 0 saturated heterocycles. The van der Waals surface area contributed by atoms with E-state index in [0.29, 0.717) is 16.4 Å². The Morgan fingerprint density at radius 3 is 2.65 bits per heavy atom. The number of aromatic nitrogens is 2. The van der Waals surface area contributed by atoms with Crippen molar-refractivity contribution in [1.29, 1.82) is 0 Å². The predicted molar refractivity (Wildman–Crippen MR) is 75.0 cm³/mol. The van der Waals surface area contributed by atoms with Gasteiger partial charge in [0.05, 0.1) is 10.2 Å². The third kappa shape index (κ3) is 2.62. The lowest BCUT2D eigenvalue weighted by molar-refractivity contribution is 0.0991. The zero-order valence-corrected chi connectivity index (χ0v) is 13.0. The van der Waals surface area contributed by atoms with Crippen LogP contribution in [-0.2, 0) is 13.5 Å². The van der Waals surface area contributed by atoms with Crippen LogP contribution in [0.25, 0.3) is 0 Å². The molecular weight excluding hydrogens is 354 g/mol. The molecule has 0 atom stereocenters. The number of rotatable bonds is 3. The van der Waals surface area contributed by atoms with E-state index in [0.717, 1.165) is 6.07 Å². The van der Waals surface area contributed by atoms with E-state index in [-0.39, 0.29) is 22.2 Å². The second-order valence-corrected chi connectivity index (χ2v) is 5.45. The van der Waals surface area contributed by atoms with Crippen LogP contribution < -0.4 is 0 Å². The van der Waals surface area contributed by atoms with Crippen molar-refractivity contribution in [2.24, 2.45) is 7.05 Å². The first-order valence-electron chi connectivity index (χ1n) is 5.67.